The number of benzene rings is 1. The topological polar surface area (TPSA) is 17.1 Å². The summed E-state index contributed by atoms with van der Waals surface area (Å²) >= 11 is 0. The van der Waals surface area contributed by atoms with E-state index >= 15 is 0 Å². The minimum absolute atomic E-state index is 0.728. The highest BCUT2D eigenvalue weighted by Crippen LogP contribution is 2.11. The second kappa shape index (κ2) is 8.98. The van der Waals surface area contributed by atoms with E-state index in [2.05, 4.69) is 31.2 Å². The molecular formula is C16H24O. The van der Waals surface area contributed by atoms with Crippen LogP contribution >= 0.6 is 0 Å². The molecule has 1 rings (SSSR count). The Labute approximate surface area is 105 Å². The Morgan fingerprint density at radius 3 is 2.06 bits per heavy atom. The Morgan fingerprint density at radius 1 is 0.882 bits per heavy atom. The summed E-state index contributed by atoms with van der Waals surface area (Å²) in [5.41, 5.74) is 2.89. The smallest absolute Gasteiger partial charge is 0.119 e. The molecule has 0 amide bonds. The van der Waals surface area contributed by atoms with Gasteiger partial charge in [0.15, 0.2) is 0 Å². The number of carbonyl (C=O) groups excluding carboxylic acids is 1. The van der Waals surface area contributed by atoms with Gasteiger partial charge in [-0.2, -0.15) is 0 Å². The molecule has 0 bridgehead atoms. The molecular weight excluding hydrogens is 208 g/mol. The first-order valence-electron chi connectivity index (χ1n) is 6.88. The first-order chi connectivity index (χ1) is 8.36. The summed E-state index contributed by atoms with van der Waals surface area (Å²) in [6.45, 7) is 2.22. The first kappa shape index (κ1) is 14.0. The van der Waals surface area contributed by atoms with Crippen molar-refractivity contribution >= 4 is 6.29 Å². The number of rotatable bonds is 9. The number of aryl methyl sites for hydroxylation is 2. The van der Waals surface area contributed by atoms with Gasteiger partial charge in [-0.1, -0.05) is 50.5 Å². The summed E-state index contributed by atoms with van der Waals surface area (Å²) in [5, 5.41) is 0. The van der Waals surface area contributed by atoms with Gasteiger partial charge in [-0.3, -0.25) is 0 Å². The van der Waals surface area contributed by atoms with Crippen LogP contribution in [0.4, 0.5) is 0 Å². The lowest BCUT2D eigenvalue weighted by atomic mass is 10.0. The highest BCUT2D eigenvalue weighted by Gasteiger charge is 1.95. The quantitative estimate of drug-likeness (QED) is 0.457. The second-order valence-electron chi connectivity index (χ2n) is 4.69. The fourth-order valence-corrected chi connectivity index (χ4v) is 2.07. The first-order valence-corrected chi connectivity index (χ1v) is 6.88. The highest BCUT2D eigenvalue weighted by molar-refractivity contribution is 5.48. The molecule has 0 atom stereocenters. The molecule has 0 spiro atoms. The Hall–Kier alpha value is -1.11. The average Bonchev–Trinajstić information content (AvgIpc) is 2.36. The largest absolute Gasteiger partial charge is 0.303 e. The number of aldehydes is 1. The van der Waals surface area contributed by atoms with Crippen molar-refractivity contribution in [2.24, 2.45) is 0 Å². The molecule has 0 saturated carbocycles. The van der Waals surface area contributed by atoms with Crippen LogP contribution in [0.3, 0.4) is 0 Å². The third kappa shape index (κ3) is 6.25. The Balaban J connectivity index is 2.16. The predicted octanol–water partition coefficient (Wildman–Crippen LogP) is 4.33. The summed E-state index contributed by atoms with van der Waals surface area (Å²) in [6.07, 6.45) is 10.1. The summed E-state index contributed by atoms with van der Waals surface area (Å²) < 4.78 is 0. The molecule has 0 aromatic heterocycles. The molecule has 0 fully saturated rings. The zero-order chi connectivity index (χ0) is 12.3. The fourth-order valence-electron chi connectivity index (χ4n) is 2.07. The molecule has 0 N–H and O–H groups in total. The van der Waals surface area contributed by atoms with Gasteiger partial charge in [-0.15, -0.1) is 0 Å². The van der Waals surface area contributed by atoms with Crippen molar-refractivity contribution in [2.75, 3.05) is 0 Å². The third-order valence-corrected chi connectivity index (χ3v) is 3.10. The summed E-state index contributed by atoms with van der Waals surface area (Å²) in [6, 6.07) is 9.03. The van der Waals surface area contributed by atoms with E-state index in [0.29, 0.717) is 0 Å². The molecule has 94 valence electrons. The van der Waals surface area contributed by atoms with E-state index < -0.39 is 0 Å². The molecule has 0 unspecified atom stereocenters. The van der Waals surface area contributed by atoms with Crippen molar-refractivity contribution in [1.29, 1.82) is 0 Å². The van der Waals surface area contributed by atoms with Gasteiger partial charge >= 0.3 is 0 Å². The minimum Gasteiger partial charge on any atom is -0.303 e. The van der Waals surface area contributed by atoms with Crippen molar-refractivity contribution in [1.82, 2.24) is 0 Å². The summed E-state index contributed by atoms with van der Waals surface area (Å²) in [4.78, 5) is 10.1. The lowest BCUT2D eigenvalue weighted by Gasteiger charge is -2.03. The standard InChI is InChI=1S/C16H24O/c1-2-8-15-10-12-16(13-11-15)9-6-4-3-5-7-14-17/h10-14H,2-9H2,1H3. The van der Waals surface area contributed by atoms with Crippen LogP contribution in [0.15, 0.2) is 24.3 Å². The van der Waals surface area contributed by atoms with E-state index in [1.54, 1.807) is 0 Å². The predicted molar refractivity (Wildman–Crippen MR) is 73.3 cm³/mol. The summed E-state index contributed by atoms with van der Waals surface area (Å²) in [5.74, 6) is 0. The molecule has 0 aliphatic carbocycles. The Kier molecular flexibility index (Phi) is 7.37. The van der Waals surface area contributed by atoms with Crippen LogP contribution in [0.2, 0.25) is 0 Å². The molecule has 1 aromatic rings. The van der Waals surface area contributed by atoms with E-state index in [-0.39, 0.29) is 0 Å². The van der Waals surface area contributed by atoms with Gasteiger partial charge in [0, 0.05) is 6.42 Å². The average molecular weight is 232 g/mol. The van der Waals surface area contributed by atoms with Crippen LogP contribution in [0, 0.1) is 0 Å². The van der Waals surface area contributed by atoms with Crippen LogP contribution < -0.4 is 0 Å². The second-order valence-corrected chi connectivity index (χ2v) is 4.69. The molecule has 0 heterocycles. The molecule has 17 heavy (non-hydrogen) atoms. The van der Waals surface area contributed by atoms with Crippen LogP contribution in [0.1, 0.15) is 56.6 Å². The van der Waals surface area contributed by atoms with Crippen molar-refractivity contribution < 1.29 is 4.79 Å². The molecule has 0 saturated heterocycles. The van der Waals surface area contributed by atoms with Crippen LogP contribution in [-0.2, 0) is 17.6 Å². The number of unbranched alkanes of at least 4 members (excludes halogenated alkanes) is 4. The number of hydrogen-bond acceptors (Lipinski definition) is 1. The maximum absolute atomic E-state index is 10.1. The number of carbonyl (C=O) groups is 1. The summed E-state index contributed by atoms with van der Waals surface area (Å²) in [7, 11) is 0. The van der Waals surface area contributed by atoms with Crippen LogP contribution in [-0.4, -0.2) is 6.29 Å². The van der Waals surface area contributed by atoms with E-state index in [1.807, 2.05) is 0 Å². The van der Waals surface area contributed by atoms with Crippen molar-refractivity contribution in [3.05, 3.63) is 35.4 Å². The van der Waals surface area contributed by atoms with Crippen LogP contribution in [0.25, 0.3) is 0 Å². The molecule has 1 heteroatoms. The van der Waals surface area contributed by atoms with Gasteiger partial charge in [0.25, 0.3) is 0 Å². The molecule has 0 radical (unpaired) electrons. The van der Waals surface area contributed by atoms with Gasteiger partial charge in [0.2, 0.25) is 0 Å². The van der Waals surface area contributed by atoms with Gasteiger partial charge in [-0.25, -0.2) is 0 Å². The van der Waals surface area contributed by atoms with Gasteiger partial charge in [0.05, 0.1) is 0 Å². The zero-order valence-corrected chi connectivity index (χ0v) is 11.0. The van der Waals surface area contributed by atoms with Gasteiger partial charge < -0.3 is 4.79 Å². The lowest BCUT2D eigenvalue weighted by Crippen LogP contribution is -1.88. The molecule has 1 nitrogen and oxygen atoms in total. The molecule has 1 aromatic carbocycles. The maximum Gasteiger partial charge on any atom is 0.119 e. The zero-order valence-electron chi connectivity index (χ0n) is 11.0. The van der Waals surface area contributed by atoms with E-state index in [4.69, 9.17) is 0 Å². The highest BCUT2D eigenvalue weighted by atomic mass is 16.1. The Morgan fingerprint density at radius 2 is 1.47 bits per heavy atom. The monoisotopic (exact) mass is 232 g/mol. The van der Waals surface area contributed by atoms with Crippen molar-refractivity contribution in [3.8, 4) is 0 Å². The van der Waals surface area contributed by atoms with Crippen LogP contribution in [0.5, 0.6) is 0 Å². The van der Waals surface area contributed by atoms with Gasteiger partial charge in [-0.05, 0) is 36.8 Å². The van der Waals surface area contributed by atoms with Crippen molar-refractivity contribution in [3.63, 3.8) is 0 Å². The van der Waals surface area contributed by atoms with Crippen molar-refractivity contribution in [2.45, 2.75) is 58.3 Å². The van der Waals surface area contributed by atoms with E-state index in [0.717, 1.165) is 19.1 Å². The minimum atomic E-state index is 0.728. The Bertz CT molecular complexity index is 300. The fraction of sp³-hybridized carbons (Fsp3) is 0.562. The molecule has 0 aliphatic rings. The lowest BCUT2D eigenvalue weighted by molar-refractivity contribution is -0.107. The van der Waals surface area contributed by atoms with E-state index in [1.165, 1.54) is 49.7 Å². The normalized spacial score (nSPS) is 10.4. The third-order valence-electron chi connectivity index (χ3n) is 3.10. The maximum atomic E-state index is 10.1. The van der Waals surface area contributed by atoms with E-state index in [9.17, 15) is 4.79 Å². The SMILES string of the molecule is CCCc1ccc(CCCCCCC=O)cc1. The van der Waals surface area contributed by atoms with Gasteiger partial charge in [0.1, 0.15) is 6.29 Å². The molecule has 0 aliphatic heterocycles. The number of hydrogen-bond donors (Lipinski definition) is 0.